The molecule has 38 heavy (non-hydrogen) atoms. The smallest absolute Gasteiger partial charge is 0.116 e. The van der Waals surface area contributed by atoms with Gasteiger partial charge in [0.1, 0.15) is 5.69 Å². The third-order valence-corrected chi connectivity index (χ3v) is 6.73. The number of aromatic nitrogens is 5. The lowest BCUT2D eigenvalue weighted by atomic mass is 10.0. The highest BCUT2D eigenvalue weighted by molar-refractivity contribution is 5.92. The molecule has 6 heteroatoms. The second-order valence-electron chi connectivity index (χ2n) is 9.90. The molecule has 2 N–H and O–H groups in total. The van der Waals surface area contributed by atoms with Crippen LogP contribution in [0.2, 0.25) is 0 Å². The molecule has 0 atom stereocenters. The van der Waals surface area contributed by atoms with E-state index in [4.69, 9.17) is 0 Å². The fourth-order valence-corrected chi connectivity index (χ4v) is 4.55. The predicted octanol–water partition coefficient (Wildman–Crippen LogP) is 5.59. The molecule has 0 aliphatic rings. The molecule has 0 fully saturated rings. The van der Waals surface area contributed by atoms with E-state index in [1.807, 2.05) is 42.2 Å². The van der Waals surface area contributed by atoms with Gasteiger partial charge in [-0.1, -0.05) is 43.5 Å². The Kier molecular flexibility index (Phi) is 8.44. The summed E-state index contributed by atoms with van der Waals surface area (Å²) in [4.78, 5) is 10.1. The van der Waals surface area contributed by atoms with Crippen molar-refractivity contribution in [2.45, 2.75) is 33.6 Å². The number of rotatable bonds is 10. The van der Waals surface area contributed by atoms with E-state index in [0.29, 0.717) is 0 Å². The van der Waals surface area contributed by atoms with Crippen LogP contribution in [0.15, 0.2) is 84.4 Å². The zero-order chi connectivity index (χ0) is 27.2. The lowest BCUT2D eigenvalue weighted by Gasteiger charge is -2.10. The molecular formula is C32H38N6. The lowest BCUT2D eigenvalue weighted by Crippen LogP contribution is -2.21. The Hall–Kier alpha value is -4.16. The Morgan fingerprint density at radius 2 is 2.05 bits per heavy atom. The van der Waals surface area contributed by atoms with Gasteiger partial charge in [-0.2, -0.15) is 5.10 Å². The van der Waals surface area contributed by atoms with E-state index in [1.165, 1.54) is 16.7 Å². The molecule has 0 bridgehead atoms. The van der Waals surface area contributed by atoms with Crippen LogP contribution in [0.4, 0.5) is 0 Å². The third kappa shape index (κ3) is 6.03. The molecule has 4 aromatic rings. The predicted molar refractivity (Wildman–Crippen MR) is 161 cm³/mol. The van der Waals surface area contributed by atoms with Crippen LogP contribution in [-0.4, -0.2) is 50.3 Å². The van der Waals surface area contributed by atoms with Crippen LogP contribution >= 0.6 is 0 Å². The zero-order valence-corrected chi connectivity index (χ0v) is 23.2. The van der Waals surface area contributed by atoms with E-state index in [-0.39, 0.29) is 0 Å². The first kappa shape index (κ1) is 26.9. The number of nitrogens with one attached hydrogen (secondary N) is 2. The number of fused-ring (bicyclic) bond motifs is 1. The van der Waals surface area contributed by atoms with Gasteiger partial charge in [0.2, 0.25) is 0 Å². The molecule has 0 radical (unpaired) electrons. The van der Waals surface area contributed by atoms with Crippen molar-refractivity contribution < 1.29 is 0 Å². The van der Waals surface area contributed by atoms with Crippen molar-refractivity contribution in [1.82, 2.24) is 29.6 Å². The van der Waals surface area contributed by atoms with Gasteiger partial charge in [-0.25, -0.2) is 4.98 Å². The number of hydrogen-bond donors (Lipinski definition) is 2. The van der Waals surface area contributed by atoms with Crippen LogP contribution in [0.25, 0.3) is 40.6 Å². The summed E-state index contributed by atoms with van der Waals surface area (Å²) in [5.41, 5.74) is 8.44. The van der Waals surface area contributed by atoms with Gasteiger partial charge >= 0.3 is 0 Å². The summed E-state index contributed by atoms with van der Waals surface area (Å²) < 4.78 is 2.05. The highest BCUT2D eigenvalue weighted by atomic mass is 15.1. The summed E-state index contributed by atoms with van der Waals surface area (Å²) in [6, 6.07) is 8.34. The lowest BCUT2D eigenvalue weighted by molar-refractivity contribution is 0.400. The first-order chi connectivity index (χ1) is 18.3. The van der Waals surface area contributed by atoms with E-state index in [0.717, 1.165) is 63.6 Å². The van der Waals surface area contributed by atoms with Crippen LogP contribution in [0.5, 0.6) is 0 Å². The normalized spacial score (nSPS) is 13.7. The number of H-pyrrole nitrogens is 2. The maximum absolute atomic E-state index is 4.60. The van der Waals surface area contributed by atoms with Crippen molar-refractivity contribution in [2.75, 3.05) is 20.6 Å². The van der Waals surface area contributed by atoms with Crippen molar-refractivity contribution in [1.29, 1.82) is 0 Å². The van der Waals surface area contributed by atoms with Crippen LogP contribution < -0.4 is 10.6 Å². The molecule has 0 saturated carbocycles. The largest absolute Gasteiger partial charge is 0.353 e. The van der Waals surface area contributed by atoms with Crippen LogP contribution in [0.3, 0.4) is 0 Å². The highest BCUT2D eigenvalue weighted by Gasteiger charge is 2.11. The summed E-state index contributed by atoms with van der Waals surface area (Å²) in [5.74, 6) is 0. The third-order valence-electron chi connectivity index (χ3n) is 6.73. The average molecular weight is 507 g/mol. The molecular weight excluding hydrogens is 468 g/mol. The molecule has 3 aromatic heterocycles. The van der Waals surface area contributed by atoms with Crippen molar-refractivity contribution in [3.05, 3.63) is 101 Å². The second kappa shape index (κ2) is 11.9. The minimum absolute atomic E-state index is 0.812. The first-order valence-electron chi connectivity index (χ1n) is 13.0. The SMILES string of the molecule is C=C\C(=C/C(=C\C)C(/C)=C/C=c1/[nH]nc(-c2cc3c(-n4cnc(C)c4)cccc3[nH]2)c1=C)CCCN(C)C. The molecule has 0 saturated heterocycles. The fourth-order valence-electron chi connectivity index (χ4n) is 4.55. The van der Waals surface area contributed by atoms with E-state index in [2.05, 4.69) is 103 Å². The number of hydrogen-bond acceptors (Lipinski definition) is 3. The first-order valence-corrected chi connectivity index (χ1v) is 13.0. The molecule has 0 aliphatic heterocycles. The standard InChI is InChI=1S/C32H38N6/c1-8-25(12-11-17-37(6)7)18-26(9-2)22(3)15-16-28-24(5)32(36-35-28)30-19-27-29(34-30)13-10-14-31(27)38-20-23(4)33-21-38/h8-10,13-16,18-21,34-35H,1,5,11-12,17H2,2-4,6-7H3/b22-15+,25-18+,26-9+,28-16+. The quantitative estimate of drug-likeness (QED) is 0.276. The minimum Gasteiger partial charge on any atom is -0.353 e. The van der Waals surface area contributed by atoms with Crippen LogP contribution in [0, 0.1) is 6.92 Å². The Morgan fingerprint density at radius 3 is 2.74 bits per heavy atom. The molecule has 0 unspecified atom stereocenters. The molecule has 6 nitrogen and oxygen atoms in total. The van der Waals surface area contributed by atoms with Crippen molar-refractivity contribution in [3.63, 3.8) is 0 Å². The molecule has 1 aromatic carbocycles. The summed E-state index contributed by atoms with van der Waals surface area (Å²) in [6.45, 7) is 15.6. The van der Waals surface area contributed by atoms with Crippen molar-refractivity contribution in [3.8, 4) is 17.1 Å². The van der Waals surface area contributed by atoms with Gasteiger partial charge < -0.3 is 14.5 Å². The van der Waals surface area contributed by atoms with Gasteiger partial charge in [0.05, 0.1) is 28.8 Å². The number of allylic oxidation sites excluding steroid dienone is 7. The Balaban J connectivity index is 1.61. The molecule has 0 aliphatic carbocycles. The number of benzene rings is 1. The van der Waals surface area contributed by atoms with Gasteiger partial charge in [-0.15, -0.1) is 0 Å². The summed E-state index contributed by atoms with van der Waals surface area (Å²) in [7, 11) is 4.21. The van der Waals surface area contributed by atoms with E-state index in [9.17, 15) is 0 Å². The maximum Gasteiger partial charge on any atom is 0.116 e. The van der Waals surface area contributed by atoms with Gasteiger partial charge in [0, 0.05) is 22.3 Å². The van der Waals surface area contributed by atoms with Crippen LogP contribution in [-0.2, 0) is 0 Å². The fraction of sp³-hybridized carbons (Fsp3) is 0.250. The zero-order valence-electron chi connectivity index (χ0n) is 23.2. The van der Waals surface area contributed by atoms with Gasteiger partial charge in [-0.05, 0) is 95.2 Å². The van der Waals surface area contributed by atoms with Crippen molar-refractivity contribution >= 4 is 23.6 Å². The van der Waals surface area contributed by atoms with Crippen LogP contribution in [0.1, 0.15) is 32.4 Å². The summed E-state index contributed by atoms with van der Waals surface area (Å²) in [5, 5.41) is 10.6. The highest BCUT2D eigenvalue weighted by Crippen LogP contribution is 2.26. The van der Waals surface area contributed by atoms with Crippen molar-refractivity contribution in [2.24, 2.45) is 0 Å². The number of aryl methyl sites for hydroxylation is 1. The van der Waals surface area contributed by atoms with E-state index >= 15 is 0 Å². The topological polar surface area (TPSA) is 65.5 Å². The summed E-state index contributed by atoms with van der Waals surface area (Å²) in [6.07, 6.45) is 16.5. The summed E-state index contributed by atoms with van der Waals surface area (Å²) >= 11 is 0. The monoisotopic (exact) mass is 506 g/mol. The minimum atomic E-state index is 0.812. The molecule has 0 amide bonds. The number of nitrogens with zero attached hydrogens (tertiary/aromatic N) is 4. The number of imidazole rings is 1. The van der Waals surface area contributed by atoms with E-state index < -0.39 is 0 Å². The molecule has 196 valence electrons. The maximum atomic E-state index is 4.60. The average Bonchev–Trinajstić information content (AvgIpc) is 3.62. The molecule has 3 heterocycles. The molecule has 0 spiro atoms. The van der Waals surface area contributed by atoms with Gasteiger partial charge in [0.25, 0.3) is 0 Å². The van der Waals surface area contributed by atoms with Gasteiger partial charge in [0.15, 0.2) is 0 Å². The van der Waals surface area contributed by atoms with Gasteiger partial charge in [-0.3, -0.25) is 5.10 Å². The Labute approximate surface area is 225 Å². The number of aromatic amines is 2. The Morgan fingerprint density at radius 1 is 1.24 bits per heavy atom. The second-order valence-corrected chi connectivity index (χ2v) is 9.90. The van der Waals surface area contributed by atoms with E-state index in [1.54, 1.807) is 0 Å². The Bertz CT molecular complexity index is 1630. The molecule has 4 rings (SSSR count).